The van der Waals surface area contributed by atoms with Crippen molar-refractivity contribution < 1.29 is 9.90 Å². The molecule has 1 saturated heterocycles. The molecule has 3 atom stereocenters. The molecule has 1 aromatic carbocycles. The Morgan fingerprint density at radius 2 is 1.68 bits per heavy atom. The normalized spacial score (nSPS) is 28.6. The van der Waals surface area contributed by atoms with Crippen LogP contribution in [0.3, 0.4) is 0 Å². The van der Waals surface area contributed by atoms with Crippen molar-refractivity contribution in [1.29, 1.82) is 0 Å². The molecular weight excluding hydrogens is 397 g/mol. The molecule has 5 nitrogen and oxygen atoms in total. The Labute approximate surface area is 180 Å². The number of piperidine rings is 1. The molecule has 1 aromatic rings. The fourth-order valence-corrected chi connectivity index (χ4v) is 4.95. The molecule has 3 aliphatic rings. The standard InChI is InChI=1S/C21H31N3O2.2ClH/c22-19-13-16(5-6-20(19)25)21(26)23-11-8-18(9-12-23)24-10-7-15-3-1-2-4-17(15)14-24;;/h1-4,16,18-20,25H,5-14,22H2;2*1H/t16-,19+,20+;;/m0../s1. The third kappa shape index (κ3) is 5.00. The predicted molar refractivity (Wildman–Crippen MR) is 116 cm³/mol. The number of benzene rings is 1. The van der Waals surface area contributed by atoms with Crippen molar-refractivity contribution >= 4 is 30.7 Å². The van der Waals surface area contributed by atoms with Gasteiger partial charge in [-0.05, 0) is 49.7 Å². The Balaban J connectivity index is 0.00000140. The number of aliphatic hydroxyl groups is 1. The summed E-state index contributed by atoms with van der Waals surface area (Å²) in [6.07, 6.45) is 4.88. The van der Waals surface area contributed by atoms with Crippen LogP contribution in [0.25, 0.3) is 0 Å². The van der Waals surface area contributed by atoms with E-state index in [2.05, 4.69) is 29.2 Å². The van der Waals surface area contributed by atoms with E-state index in [4.69, 9.17) is 5.73 Å². The van der Waals surface area contributed by atoms with Gasteiger partial charge in [-0.25, -0.2) is 0 Å². The Bertz CT molecular complexity index is 652. The van der Waals surface area contributed by atoms with Crippen molar-refractivity contribution in [2.24, 2.45) is 11.7 Å². The highest BCUT2D eigenvalue weighted by Gasteiger charge is 2.35. The smallest absolute Gasteiger partial charge is 0.225 e. The SMILES string of the molecule is Cl.Cl.N[C@@H]1C[C@@H](C(=O)N2CCC(N3CCc4ccccc4C3)CC2)CC[C@H]1O. The Morgan fingerprint density at radius 1 is 1.00 bits per heavy atom. The molecule has 2 heterocycles. The number of hydrogen-bond donors (Lipinski definition) is 2. The van der Waals surface area contributed by atoms with Gasteiger partial charge in [0.15, 0.2) is 0 Å². The second kappa shape index (κ2) is 10.3. The molecule has 7 heteroatoms. The number of aliphatic hydroxyl groups excluding tert-OH is 1. The first-order valence-corrected chi connectivity index (χ1v) is 10.1. The van der Waals surface area contributed by atoms with Crippen molar-refractivity contribution in [3.05, 3.63) is 35.4 Å². The molecule has 1 amide bonds. The highest BCUT2D eigenvalue weighted by atomic mass is 35.5. The van der Waals surface area contributed by atoms with Gasteiger partial charge in [0.05, 0.1) is 6.10 Å². The van der Waals surface area contributed by atoms with Gasteiger partial charge in [-0.1, -0.05) is 24.3 Å². The molecule has 4 rings (SSSR count). The van der Waals surface area contributed by atoms with Crippen molar-refractivity contribution in [3.8, 4) is 0 Å². The van der Waals surface area contributed by atoms with Crippen molar-refractivity contribution in [2.75, 3.05) is 19.6 Å². The number of fused-ring (bicyclic) bond motifs is 1. The lowest BCUT2D eigenvalue weighted by molar-refractivity contribution is -0.139. The lowest BCUT2D eigenvalue weighted by Crippen LogP contribution is -2.51. The maximum atomic E-state index is 12.8. The number of nitrogens with zero attached hydrogens (tertiary/aromatic N) is 2. The predicted octanol–water partition coefficient (Wildman–Crippen LogP) is 2.37. The van der Waals surface area contributed by atoms with Gasteiger partial charge in [0.25, 0.3) is 0 Å². The Kier molecular flexibility index (Phi) is 8.59. The molecule has 0 spiro atoms. The van der Waals surface area contributed by atoms with Gasteiger partial charge in [-0.15, -0.1) is 24.8 Å². The zero-order chi connectivity index (χ0) is 18.1. The summed E-state index contributed by atoms with van der Waals surface area (Å²) in [7, 11) is 0. The molecule has 0 bridgehead atoms. The fraction of sp³-hybridized carbons (Fsp3) is 0.667. The summed E-state index contributed by atoms with van der Waals surface area (Å²) in [4.78, 5) is 17.5. The van der Waals surface area contributed by atoms with E-state index in [0.29, 0.717) is 18.9 Å². The molecule has 0 unspecified atom stereocenters. The summed E-state index contributed by atoms with van der Waals surface area (Å²) in [6, 6.07) is 9.11. The van der Waals surface area contributed by atoms with Crippen molar-refractivity contribution in [3.63, 3.8) is 0 Å². The molecular formula is C21H33Cl2N3O2. The first-order valence-electron chi connectivity index (χ1n) is 10.1. The topological polar surface area (TPSA) is 69.8 Å². The first kappa shape index (κ1) is 23.4. The minimum absolute atomic E-state index is 0. The van der Waals surface area contributed by atoms with Gasteiger partial charge >= 0.3 is 0 Å². The summed E-state index contributed by atoms with van der Waals surface area (Å²) in [5.41, 5.74) is 8.92. The van der Waals surface area contributed by atoms with Crippen molar-refractivity contribution in [2.45, 2.75) is 63.3 Å². The quantitative estimate of drug-likeness (QED) is 0.756. The fourth-order valence-electron chi connectivity index (χ4n) is 4.95. The number of nitrogens with two attached hydrogens (primary N) is 1. The average Bonchev–Trinajstić information content (AvgIpc) is 2.69. The minimum atomic E-state index is -0.438. The summed E-state index contributed by atoms with van der Waals surface area (Å²) < 4.78 is 0. The van der Waals surface area contributed by atoms with Gasteiger partial charge < -0.3 is 15.7 Å². The summed E-state index contributed by atoms with van der Waals surface area (Å²) in [5, 5.41) is 9.78. The van der Waals surface area contributed by atoms with Crippen LogP contribution in [-0.4, -0.2) is 58.6 Å². The van der Waals surface area contributed by atoms with Crippen LogP contribution in [0.1, 0.15) is 43.2 Å². The summed E-state index contributed by atoms with van der Waals surface area (Å²) >= 11 is 0. The molecule has 2 aliphatic heterocycles. The van der Waals surface area contributed by atoms with E-state index in [-0.39, 0.29) is 42.7 Å². The van der Waals surface area contributed by atoms with Gasteiger partial charge in [0.2, 0.25) is 5.91 Å². The third-order valence-corrected chi connectivity index (χ3v) is 6.66. The van der Waals surface area contributed by atoms with E-state index >= 15 is 0 Å². The second-order valence-corrected chi connectivity index (χ2v) is 8.29. The zero-order valence-corrected chi connectivity index (χ0v) is 18.0. The number of amides is 1. The highest BCUT2D eigenvalue weighted by molar-refractivity contribution is 5.85. The molecule has 3 N–H and O–H groups in total. The maximum Gasteiger partial charge on any atom is 0.225 e. The number of hydrogen-bond acceptors (Lipinski definition) is 4. The van der Waals surface area contributed by atoms with Gasteiger partial charge in [0, 0.05) is 44.2 Å². The van der Waals surface area contributed by atoms with Crippen LogP contribution in [0.4, 0.5) is 0 Å². The maximum absolute atomic E-state index is 12.8. The molecule has 1 saturated carbocycles. The van der Waals surface area contributed by atoms with Crippen LogP contribution in [0.15, 0.2) is 24.3 Å². The van der Waals surface area contributed by atoms with Crippen molar-refractivity contribution in [1.82, 2.24) is 9.80 Å². The van der Waals surface area contributed by atoms with E-state index in [9.17, 15) is 9.90 Å². The van der Waals surface area contributed by atoms with E-state index in [1.165, 1.54) is 11.1 Å². The number of carbonyl (C=O) groups excluding carboxylic acids is 1. The van der Waals surface area contributed by atoms with Gasteiger partial charge in [-0.2, -0.15) is 0 Å². The highest BCUT2D eigenvalue weighted by Crippen LogP contribution is 2.29. The zero-order valence-electron chi connectivity index (χ0n) is 16.3. The van der Waals surface area contributed by atoms with Crippen LogP contribution in [0.2, 0.25) is 0 Å². The number of likely N-dealkylation sites (tertiary alicyclic amines) is 1. The lowest BCUT2D eigenvalue weighted by Gasteiger charge is -2.42. The van der Waals surface area contributed by atoms with E-state index < -0.39 is 6.10 Å². The molecule has 28 heavy (non-hydrogen) atoms. The summed E-state index contributed by atoms with van der Waals surface area (Å²) in [6.45, 7) is 3.89. The van der Waals surface area contributed by atoms with Crippen LogP contribution < -0.4 is 5.73 Å². The largest absolute Gasteiger partial charge is 0.392 e. The van der Waals surface area contributed by atoms with E-state index in [1.54, 1.807) is 0 Å². The van der Waals surface area contributed by atoms with Gasteiger partial charge in [0.1, 0.15) is 0 Å². The average molecular weight is 430 g/mol. The molecule has 0 aromatic heterocycles. The van der Waals surface area contributed by atoms with E-state index in [1.807, 2.05) is 4.90 Å². The Hall–Kier alpha value is -0.850. The van der Waals surface area contributed by atoms with Crippen LogP contribution in [0, 0.1) is 5.92 Å². The Morgan fingerprint density at radius 3 is 2.36 bits per heavy atom. The minimum Gasteiger partial charge on any atom is -0.392 e. The third-order valence-electron chi connectivity index (χ3n) is 6.66. The first-order chi connectivity index (χ1) is 12.6. The van der Waals surface area contributed by atoms with Crippen LogP contribution >= 0.6 is 24.8 Å². The van der Waals surface area contributed by atoms with Gasteiger partial charge in [-0.3, -0.25) is 9.69 Å². The number of halogens is 2. The lowest BCUT2D eigenvalue weighted by atomic mass is 9.83. The molecule has 158 valence electrons. The summed E-state index contributed by atoms with van der Waals surface area (Å²) in [5.74, 6) is 0.265. The van der Waals surface area contributed by atoms with Crippen LogP contribution in [-0.2, 0) is 17.8 Å². The molecule has 2 fully saturated rings. The molecule has 0 radical (unpaired) electrons. The molecule has 1 aliphatic carbocycles. The van der Waals surface area contributed by atoms with Crippen LogP contribution in [0.5, 0.6) is 0 Å². The van der Waals surface area contributed by atoms with E-state index in [0.717, 1.165) is 51.9 Å². The number of carbonyl (C=O) groups is 1. The second-order valence-electron chi connectivity index (χ2n) is 8.29. The number of rotatable bonds is 2. The monoisotopic (exact) mass is 429 g/mol.